The average molecular weight is 2110 g/mol. The maximum Gasteiger partial charge on any atom is 0.270 e. The third-order valence-corrected chi connectivity index (χ3v) is 30.9. The summed E-state index contributed by atoms with van der Waals surface area (Å²) in [6, 6.07) is 144. The molecule has 3 aromatic heterocycles. The Kier molecular flexibility index (Phi) is 46.2. The first-order valence-electron chi connectivity index (χ1n) is 46.8. The second kappa shape index (κ2) is 58.0. The first-order valence-corrected chi connectivity index (χ1v) is 52.2. The fraction of sp³-hybridized carbons (Fsp3) is 0.151. The van der Waals surface area contributed by atoms with Crippen LogP contribution in [0.1, 0.15) is 101 Å². The van der Waals surface area contributed by atoms with Gasteiger partial charge in [-0.05, 0) is 188 Å². The van der Waals surface area contributed by atoms with Gasteiger partial charge < -0.3 is 22.5 Å². The quantitative estimate of drug-likeness (QED) is 0.0107. The average Bonchev–Trinajstić information content (AvgIpc) is 1.57. The molecule has 16 nitrogen and oxygen atoms in total. The number of nitrogen functional groups attached to an aromatic ring is 3. The predicted octanol–water partition coefficient (Wildman–Crippen LogP) is 25.3. The number of benzene rings is 15. The van der Waals surface area contributed by atoms with Crippen LogP contribution in [0.2, 0.25) is 0 Å². The molecule has 18 rings (SSSR count). The Morgan fingerprint density at radius 1 is 0.313 bits per heavy atom. The van der Waals surface area contributed by atoms with Crippen LogP contribution in [0.3, 0.4) is 0 Å². The number of nitrogens with two attached hydrogens (primary N) is 3. The number of nitro benzene ring substituents is 2. The number of nitro groups is 2. The Hall–Kier alpha value is -15.3. The molecule has 7 N–H and O–H groups in total. The van der Waals surface area contributed by atoms with Crippen LogP contribution in [0.4, 0.5) is 34.1 Å². The minimum absolute atomic E-state index is 0. The normalized spacial score (nSPS) is 10.4. The molecule has 0 saturated carbocycles. The molecule has 0 saturated heterocycles. The summed E-state index contributed by atoms with van der Waals surface area (Å²) in [6.07, 6.45) is 7.23. The Labute approximate surface area is 889 Å². The van der Waals surface area contributed by atoms with Crippen molar-refractivity contribution in [2.24, 2.45) is 37.4 Å². The van der Waals surface area contributed by atoms with Crippen molar-refractivity contribution in [3.8, 4) is 69.3 Å². The standard InChI is InChI=1S/C19H22N4O2.4C18H15P.C16H18N4O2.C16H20N4.3CH4.Pd/c1-6-11-20-17-8-7-15(23(24)25)12-16(17)18-14(13-22(5)21-18)9-10-19(2,3)4;4*1-4-10-16(11-5-1)19(17-12-6-2-7-13-17)18-14-8-3-9-15-18;1-16(2,3)8-7-11-10-19(4)18-15(11)13-9-12(20(21)22)5-6-14(13)17;1-16(2,3)8-7-11-10-20(4)19-15(11)13-9-12(17)5-6-14(13)18;;;;/h6-8,12-13,20H,1,11H2,2-5H3;4*1-15H;5-6,9-10H,17H2,1-4H3;5-6,9-10H,17-18H2,1-4H3;3*1H4;. The van der Waals surface area contributed by atoms with E-state index in [0.29, 0.717) is 51.7 Å². The number of anilines is 4. The van der Waals surface area contributed by atoms with E-state index in [1.54, 1.807) is 58.6 Å². The molecule has 3 heterocycles. The van der Waals surface area contributed by atoms with Gasteiger partial charge in [0.1, 0.15) is 17.1 Å². The van der Waals surface area contributed by atoms with Gasteiger partial charge in [-0.15, -0.1) is 6.58 Å². The molecule has 0 aliphatic rings. The van der Waals surface area contributed by atoms with Gasteiger partial charge in [0.15, 0.2) is 0 Å². The molecule has 750 valence electrons. The molecule has 0 aliphatic heterocycles. The summed E-state index contributed by atoms with van der Waals surface area (Å²) in [4.78, 5) is 21.3. The fourth-order valence-electron chi connectivity index (χ4n) is 14.6. The Balaban J connectivity index is 0.000000209. The second-order valence-electron chi connectivity index (χ2n) is 36.1. The Morgan fingerprint density at radius 2 is 0.510 bits per heavy atom. The van der Waals surface area contributed by atoms with Crippen molar-refractivity contribution in [2.45, 2.75) is 84.6 Å². The summed E-state index contributed by atoms with van der Waals surface area (Å²) in [5.74, 6) is 19.0. The first kappa shape index (κ1) is 117. The van der Waals surface area contributed by atoms with Gasteiger partial charge in [0, 0.05) is 147 Å². The Bertz CT molecular complexity index is 6460. The fourth-order valence-corrected chi connectivity index (χ4v) is 23.9. The van der Waals surface area contributed by atoms with Crippen LogP contribution in [0, 0.1) is 72.0 Å². The number of nitrogens with zero attached hydrogens (tertiary/aromatic N) is 8. The molecule has 15 aromatic carbocycles. The summed E-state index contributed by atoms with van der Waals surface area (Å²) >= 11 is 0. The van der Waals surface area contributed by atoms with Crippen molar-refractivity contribution in [1.82, 2.24) is 29.3 Å². The predicted molar refractivity (Wildman–Crippen MR) is 631 cm³/mol. The molecule has 0 unspecified atom stereocenters. The minimum Gasteiger partial charge on any atom is -0.399 e. The van der Waals surface area contributed by atoms with Crippen LogP contribution in [-0.4, -0.2) is 45.7 Å². The molecule has 0 radical (unpaired) electrons. The molecule has 18 aromatic rings. The number of non-ortho nitro benzene ring substituents is 2. The molecule has 0 spiro atoms. The van der Waals surface area contributed by atoms with Crippen LogP contribution in [0.5, 0.6) is 0 Å². The summed E-state index contributed by atoms with van der Waals surface area (Å²) in [5.41, 5.74) is 26.2. The van der Waals surface area contributed by atoms with Gasteiger partial charge in [0.2, 0.25) is 0 Å². The van der Waals surface area contributed by atoms with E-state index in [1.165, 1.54) is 94.0 Å². The third kappa shape index (κ3) is 35.9. The summed E-state index contributed by atoms with van der Waals surface area (Å²) in [7, 11) is 3.67. The number of hydrogen-bond acceptors (Lipinski definition) is 11. The SMILES string of the molecule is C.C.C.C=CCNc1ccc([N+](=O)[O-])cc1-c1nn(C)cc1C#CC(C)(C)C.Cn1cc(C#CC(C)(C)C)c(-c2cc(N)ccc2N)n1.Cn1cc(C#CC(C)(C)C)c(-c2cc([N+](=O)[O-])ccc2N)n1.[Pd].c1ccc(P(c2ccccc2)c2ccccc2)cc1.c1ccc(P(c2ccccc2)c2ccccc2)cc1.c1ccc(P(c2ccccc2)c2ccccc2)cc1.c1ccc(P(c2ccccc2)c2ccccc2)cc1. The molecule has 0 aliphatic carbocycles. The molecule has 0 amide bonds. The van der Waals surface area contributed by atoms with Gasteiger partial charge in [-0.1, -0.05) is 428 Å². The van der Waals surface area contributed by atoms with E-state index in [-0.39, 0.29) is 70.3 Å². The summed E-state index contributed by atoms with van der Waals surface area (Å²) in [5, 5.41) is 55.4. The topological polar surface area (TPSA) is 230 Å². The van der Waals surface area contributed by atoms with Crippen LogP contribution < -0.4 is 86.2 Å². The molecule has 0 fully saturated rings. The van der Waals surface area contributed by atoms with Gasteiger partial charge in [0.05, 0.1) is 26.5 Å². The van der Waals surface area contributed by atoms with E-state index >= 15 is 0 Å². The number of rotatable bonds is 20. The molecule has 147 heavy (non-hydrogen) atoms. The second-order valence-corrected chi connectivity index (χ2v) is 45.0. The van der Waals surface area contributed by atoms with Crippen molar-refractivity contribution in [3.05, 3.63) is 487 Å². The van der Waals surface area contributed by atoms with E-state index in [1.807, 2.05) is 67.1 Å². The van der Waals surface area contributed by atoms with Gasteiger partial charge >= 0.3 is 0 Å². The zero-order chi connectivity index (χ0) is 102. The zero-order valence-electron chi connectivity index (χ0n) is 83.1. The van der Waals surface area contributed by atoms with E-state index < -0.39 is 41.5 Å². The van der Waals surface area contributed by atoms with Crippen molar-refractivity contribution in [1.29, 1.82) is 0 Å². The molecular formula is C126H132N12O4P4Pd. The minimum atomic E-state index is -0.452. The largest absolute Gasteiger partial charge is 0.399 e. The van der Waals surface area contributed by atoms with Gasteiger partial charge in [-0.25, -0.2) is 0 Å². The maximum atomic E-state index is 11.2. The summed E-state index contributed by atoms with van der Waals surface area (Å²) < 4.78 is 5.03. The van der Waals surface area contributed by atoms with Crippen LogP contribution >= 0.6 is 31.7 Å². The maximum absolute atomic E-state index is 11.2. The van der Waals surface area contributed by atoms with Gasteiger partial charge in [-0.2, -0.15) is 15.3 Å². The van der Waals surface area contributed by atoms with Crippen LogP contribution in [0.25, 0.3) is 33.8 Å². The Morgan fingerprint density at radius 3 is 0.721 bits per heavy atom. The number of aromatic nitrogens is 6. The van der Waals surface area contributed by atoms with E-state index in [9.17, 15) is 20.2 Å². The monoisotopic (exact) mass is 2110 g/mol. The van der Waals surface area contributed by atoms with Gasteiger partial charge in [0.25, 0.3) is 11.4 Å². The van der Waals surface area contributed by atoms with Crippen molar-refractivity contribution < 1.29 is 30.3 Å². The third-order valence-electron chi connectivity index (χ3n) is 21.1. The van der Waals surface area contributed by atoms with Crippen molar-refractivity contribution in [3.63, 3.8) is 0 Å². The van der Waals surface area contributed by atoms with E-state index in [2.05, 4.69) is 447 Å². The van der Waals surface area contributed by atoms with Gasteiger partial charge in [-0.3, -0.25) is 34.3 Å². The number of nitrogens with one attached hydrogen (secondary N) is 1. The zero-order valence-corrected chi connectivity index (χ0v) is 88.2. The van der Waals surface area contributed by atoms with Crippen LogP contribution in [-0.2, 0) is 41.6 Å². The van der Waals surface area contributed by atoms with Crippen molar-refractivity contribution >= 4 is 129 Å². The van der Waals surface area contributed by atoms with Crippen molar-refractivity contribution in [2.75, 3.05) is 29.1 Å². The first-order chi connectivity index (χ1) is 68.9. The molecule has 21 heteroatoms. The molecule has 0 atom stereocenters. The van der Waals surface area contributed by atoms with Crippen LogP contribution in [0.15, 0.2) is 450 Å². The summed E-state index contributed by atoms with van der Waals surface area (Å²) in [6.45, 7) is 22.6. The number of hydrogen-bond donors (Lipinski definition) is 4. The smallest absolute Gasteiger partial charge is 0.270 e. The van der Waals surface area contributed by atoms with E-state index in [0.717, 1.165) is 28.1 Å². The number of aryl methyl sites for hydroxylation is 3. The molecule has 0 bridgehead atoms. The van der Waals surface area contributed by atoms with E-state index in [4.69, 9.17) is 17.2 Å². The molecular weight excluding hydrogens is 1980 g/mol.